The SMILES string of the molecule is C[C@H](NCc1ccc(Br)cn1)c1ncccn1. The fraction of sp³-hybridized carbons (Fsp3) is 0.250. The first-order valence-corrected chi connectivity index (χ1v) is 6.16. The average Bonchev–Trinajstić information content (AvgIpc) is 2.39. The van der Waals surface area contributed by atoms with Crippen molar-refractivity contribution in [3.63, 3.8) is 0 Å². The monoisotopic (exact) mass is 292 g/mol. The van der Waals surface area contributed by atoms with Crippen molar-refractivity contribution < 1.29 is 0 Å². The van der Waals surface area contributed by atoms with Crippen molar-refractivity contribution in [2.24, 2.45) is 0 Å². The van der Waals surface area contributed by atoms with E-state index in [-0.39, 0.29) is 6.04 Å². The maximum atomic E-state index is 4.29. The average molecular weight is 293 g/mol. The van der Waals surface area contributed by atoms with E-state index >= 15 is 0 Å². The van der Waals surface area contributed by atoms with Crippen LogP contribution < -0.4 is 5.32 Å². The molecule has 0 aromatic carbocycles. The molecule has 1 atom stereocenters. The molecule has 2 aromatic rings. The Hall–Kier alpha value is -1.33. The molecule has 0 aliphatic carbocycles. The summed E-state index contributed by atoms with van der Waals surface area (Å²) < 4.78 is 0.987. The van der Waals surface area contributed by atoms with Crippen molar-refractivity contribution >= 4 is 15.9 Å². The van der Waals surface area contributed by atoms with Gasteiger partial charge in [0, 0.05) is 29.6 Å². The fourth-order valence-electron chi connectivity index (χ4n) is 1.39. The quantitative estimate of drug-likeness (QED) is 0.941. The molecule has 0 radical (unpaired) electrons. The van der Waals surface area contributed by atoms with Gasteiger partial charge in [-0.3, -0.25) is 4.98 Å². The van der Waals surface area contributed by atoms with Gasteiger partial charge in [0.15, 0.2) is 0 Å². The molecule has 0 saturated carbocycles. The highest BCUT2D eigenvalue weighted by Crippen LogP contribution is 2.09. The summed E-state index contributed by atoms with van der Waals surface area (Å²) in [7, 11) is 0. The number of pyridine rings is 1. The lowest BCUT2D eigenvalue weighted by Crippen LogP contribution is -2.20. The summed E-state index contributed by atoms with van der Waals surface area (Å²) in [5, 5.41) is 3.33. The molecule has 88 valence electrons. The lowest BCUT2D eigenvalue weighted by atomic mass is 10.3. The molecule has 0 spiro atoms. The number of rotatable bonds is 4. The Morgan fingerprint density at radius 1 is 1.24 bits per heavy atom. The Labute approximate surface area is 109 Å². The van der Waals surface area contributed by atoms with E-state index in [0.29, 0.717) is 6.54 Å². The standard InChI is InChI=1S/C12H13BrN4/c1-9(12-14-5-2-6-15-12)16-8-11-4-3-10(13)7-17-11/h2-7,9,16H,8H2,1H3/t9-/m0/s1. The van der Waals surface area contributed by atoms with Gasteiger partial charge in [-0.1, -0.05) is 0 Å². The molecular weight excluding hydrogens is 280 g/mol. The van der Waals surface area contributed by atoms with Crippen LogP contribution in [0.15, 0.2) is 41.3 Å². The largest absolute Gasteiger partial charge is 0.302 e. The molecular formula is C12H13BrN4. The molecule has 0 saturated heterocycles. The first-order valence-electron chi connectivity index (χ1n) is 5.36. The molecule has 0 amide bonds. The van der Waals surface area contributed by atoms with Gasteiger partial charge in [0.05, 0.1) is 11.7 Å². The number of hydrogen-bond donors (Lipinski definition) is 1. The highest BCUT2D eigenvalue weighted by Gasteiger charge is 2.06. The Balaban J connectivity index is 1.92. The predicted octanol–water partition coefficient (Wildman–Crippen LogP) is 2.48. The van der Waals surface area contributed by atoms with E-state index in [9.17, 15) is 0 Å². The first-order chi connectivity index (χ1) is 8.25. The fourth-order valence-corrected chi connectivity index (χ4v) is 1.63. The third-order valence-electron chi connectivity index (χ3n) is 2.35. The smallest absolute Gasteiger partial charge is 0.144 e. The van der Waals surface area contributed by atoms with Crippen LogP contribution in [0.5, 0.6) is 0 Å². The molecule has 0 bridgehead atoms. The molecule has 0 fully saturated rings. The van der Waals surface area contributed by atoms with Crippen molar-refractivity contribution in [2.45, 2.75) is 19.5 Å². The normalized spacial score (nSPS) is 12.4. The van der Waals surface area contributed by atoms with Gasteiger partial charge in [0.1, 0.15) is 5.82 Å². The van der Waals surface area contributed by atoms with Crippen molar-refractivity contribution in [3.05, 3.63) is 52.8 Å². The number of hydrogen-bond acceptors (Lipinski definition) is 4. The summed E-state index contributed by atoms with van der Waals surface area (Å²) >= 11 is 3.36. The molecule has 2 aromatic heterocycles. The van der Waals surface area contributed by atoms with Crippen molar-refractivity contribution in [1.82, 2.24) is 20.3 Å². The van der Waals surface area contributed by atoms with Gasteiger partial charge in [-0.25, -0.2) is 9.97 Å². The zero-order valence-electron chi connectivity index (χ0n) is 9.47. The summed E-state index contributed by atoms with van der Waals surface area (Å²) in [6, 6.07) is 5.89. The van der Waals surface area contributed by atoms with Crippen LogP contribution in [0.25, 0.3) is 0 Å². The second-order valence-corrected chi connectivity index (χ2v) is 4.59. The van der Waals surface area contributed by atoms with Gasteiger partial charge in [-0.15, -0.1) is 0 Å². The molecule has 4 nitrogen and oxygen atoms in total. The van der Waals surface area contributed by atoms with E-state index in [1.807, 2.05) is 25.1 Å². The van der Waals surface area contributed by atoms with Crippen LogP contribution in [0.3, 0.4) is 0 Å². The Morgan fingerprint density at radius 3 is 2.65 bits per heavy atom. The summed E-state index contributed by atoms with van der Waals surface area (Å²) in [5.41, 5.74) is 0.996. The summed E-state index contributed by atoms with van der Waals surface area (Å²) in [5.74, 6) is 0.796. The highest BCUT2D eigenvalue weighted by atomic mass is 79.9. The second kappa shape index (κ2) is 5.84. The van der Waals surface area contributed by atoms with E-state index in [2.05, 4.69) is 36.2 Å². The van der Waals surface area contributed by atoms with Crippen LogP contribution in [0.4, 0.5) is 0 Å². The summed E-state index contributed by atoms with van der Waals surface area (Å²) in [6.45, 7) is 2.74. The lowest BCUT2D eigenvalue weighted by Gasteiger charge is -2.11. The zero-order chi connectivity index (χ0) is 12.1. The van der Waals surface area contributed by atoms with E-state index in [4.69, 9.17) is 0 Å². The molecule has 0 unspecified atom stereocenters. The van der Waals surface area contributed by atoms with Crippen molar-refractivity contribution in [3.8, 4) is 0 Å². The molecule has 17 heavy (non-hydrogen) atoms. The minimum Gasteiger partial charge on any atom is -0.302 e. The number of aromatic nitrogens is 3. The Bertz CT molecular complexity index is 458. The van der Waals surface area contributed by atoms with Gasteiger partial charge in [-0.05, 0) is 41.1 Å². The maximum Gasteiger partial charge on any atom is 0.144 e. The molecule has 2 rings (SSSR count). The molecule has 0 aliphatic heterocycles. The van der Waals surface area contributed by atoms with Gasteiger partial charge >= 0.3 is 0 Å². The van der Waals surface area contributed by atoms with Crippen LogP contribution in [0, 0.1) is 0 Å². The van der Waals surface area contributed by atoms with Crippen LogP contribution >= 0.6 is 15.9 Å². The summed E-state index contributed by atoms with van der Waals surface area (Å²) in [4.78, 5) is 12.7. The Morgan fingerprint density at radius 2 is 2.00 bits per heavy atom. The van der Waals surface area contributed by atoms with Crippen LogP contribution in [-0.4, -0.2) is 15.0 Å². The third kappa shape index (κ3) is 3.57. The predicted molar refractivity (Wildman–Crippen MR) is 69.2 cm³/mol. The number of nitrogens with zero attached hydrogens (tertiary/aromatic N) is 3. The second-order valence-electron chi connectivity index (χ2n) is 3.68. The first kappa shape index (κ1) is 12.1. The minimum atomic E-state index is 0.113. The molecule has 2 heterocycles. The van der Waals surface area contributed by atoms with Crippen LogP contribution in [-0.2, 0) is 6.54 Å². The van der Waals surface area contributed by atoms with Gasteiger partial charge in [0.2, 0.25) is 0 Å². The van der Waals surface area contributed by atoms with E-state index in [1.165, 1.54) is 0 Å². The van der Waals surface area contributed by atoms with Gasteiger partial charge in [-0.2, -0.15) is 0 Å². The van der Waals surface area contributed by atoms with E-state index < -0.39 is 0 Å². The van der Waals surface area contributed by atoms with Crippen LogP contribution in [0.2, 0.25) is 0 Å². The lowest BCUT2D eigenvalue weighted by molar-refractivity contribution is 0.540. The summed E-state index contributed by atoms with van der Waals surface area (Å²) in [6.07, 6.45) is 5.29. The van der Waals surface area contributed by atoms with Crippen LogP contribution in [0.1, 0.15) is 24.5 Å². The van der Waals surface area contributed by atoms with E-state index in [0.717, 1.165) is 16.0 Å². The van der Waals surface area contributed by atoms with Gasteiger partial charge in [0.25, 0.3) is 0 Å². The molecule has 5 heteroatoms. The van der Waals surface area contributed by atoms with Crippen molar-refractivity contribution in [2.75, 3.05) is 0 Å². The Kier molecular flexibility index (Phi) is 4.17. The van der Waals surface area contributed by atoms with Gasteiger partial charge < -0.3 is 5.32 Å². The number of halogens is 1. The third-order valence-corrected chi connectivity index (χ3v) is 2.82. The topological polar surface area (TPSA) is 50.7 Å². The number of nitrogens with one attached hydrogen (secondary N) is 1. The zero-order valence-corrected chi connectivity index (χ0v) is 11.1. The maximum absolute atomic E-state index is 4.29. The van der Waals surface area contributed by atoms with Crippen molar-refractivity contribution in [1.29, 1.82) is 0 Å². The highest BCUT2D eigenvalue weighted by molar-refractivity contribution is 9.10. The molecule has 0 aliphatic rings. The van der Waals surface area contributed by atoms with E-state index in [1.54, 1.807) is 18.6 Å². The molecule has 1 N–H and O–H groups in total. The minimum absolute atomic E-state index is 0.113.